The van der Waals surface area contributed by atoms with Crippen LogP contribution < -0.4 is 0 Å². The van der Waals surface area contributed by atoms with Crippen LogP contribution in [0.3, 0.4) is 0 Å². The number of ketones is 1. The summed E-state index contributed by atoms with van der Waals surface area (Å²) in [5, 5.41) is 0. The number of pyridine rings is 2. The van der Waals surface area contributed by atoms with Gasteiger partial charge in [-0.2, -0.15) is 0 Å². The van der Waals surface area contributed by atoms with Crippen LogP contribution in [0.15, 0.2) is 85.2 Å². The molecule has 28 heavy (non-hydrogen) atoms. The second-order valence-corrected chi connectivity index (χ2v) is 6.14. The van der Waals surface area contributed by atoms with Gasteiger partial charge in [0.05, 0.1) is 0 Å². The molecule has 0 amide bonds. The lowest BCUT2D eigenvalue weighted by Crippen LogP contribution is -2.10. The third-order valence-corrected chi connectivity index (χ3v) is 4.36. The number of rotatable bonds is 4. The van der Waals surface area contributed by atoms with Crippen molar-refractivity contribution in [1.29, 1.82) is 0 Å². The van der Waals surface area contributed by atoms with Crippen LogP contribution in [0.2, 0.25) is 0 Å². The van der Waals surface area contributed by atoms with E-state index in [0.717, 1.165) is 0 Å². The topological polar surface area (TPSA) is 42.9 Å². The summed E-state index contributed by atoms with van der Waals surface area (Å²) in [6.45, 7) is 0. The lowest BCUT2D eigenvalue weighted by Gasteiger charge is -2.11. The minimum absolute atomic E-state index is 0.219. The van der Waals surface area contributed by atoms with Gasteiger partial charge in [0.2, 0.25) is 5.78 Å². The van der Waals surface area contributed by atoms with Gasteiger partial charge in [-0.3, -0.25) is 14.8 Å². The van der Waals surface area contributed by atoms with E-state index in [1.165, 1.54) is 36.7 Å². The molecule has 0 fully saturated rings. The fraction of sp³-hybridized carbons (Fsp3) is 0. The maximum Gasteiger partial charge on any atom is 0.230 e. The zero-order chi connectivity index (χ0) is 19.5. The van der Waals surface area contributed by atoms with Crippen LogP contribution in [0.25, 0.3) is 22.3 Å². The highest BCUT2D eigenvalue weighted by atomic mass is 19.1. The molecule has 136 valence electrons. The van der Waals surface area contributed by atoms with Crippen LogP contribution in [0.1, 0.15) is 16.2 Å². The standard InChI is InChI=1S/C23H14F2N2O/c24-17-9-5-15(6-10-17)19-3-1-13-26-21(19)23(28)22-20(4-2-14-27-22)16-7-11-18(25)12-8-16/h1-14H. The molecule has 3 nitrogen and oxygen atoms in total. The highest BCUT2D eigenvalue weighted by Gasteiger charge is 2.21. The number of hydrogen-bond acceptors (Lipinski definition) is 3. The number of carbonyl (C=O) groups is 1. The highest BCUT2D eigenvalue weighted by Crippen LogP contribution is 2.28. The maximum atomic E-state index is 13.3. The number of benzene rings is 2. The average Bonchev–Trinajstić information content (AvgIpc) is 2.74. The van der Waals surface area contributed by atoms with Crippen LogP contribution in [0.4, 0.5) is 8.78 Å². The molecule has 5 heteroatoms. The molecule has 0 aliphatic heterocycles. The molecule has 0 aliphatic rings. The Morgan fingerprint density at radius 3 is 1.39 bits per heavy atom. The van der Waals surface area contributed by atoms with E-state index in [0.29, 0.717) is 22.3 Å². The molecule has 0 atom stereocenters. The zero-order valence-corrected chi connectivity index (χ0v) is 14.6. The van der Waals surface area contributed by atoms with E-state index in [2.05, 4.69) is 9.97 Å². The molecular weight excluding hydrogens is 358 g/mol. The fourth-order valence-electron chi connectivity index (χ4n) is 3.01. The molecule has 0 bridgehead atoms. The van der Waals surface area contributed by atoms with Gasteiger partial charge in [0, 0.05) is 23.5 Å². The van der Waals surface area contributed by atoms with Gasteiger partial charge in [-0.05, 0) is 47.5 Å². The Labute approximate surface area is 160 Å². The predicted octanol–water partition coefficient (Wildman–Crippen LogP) is 5.32. The molecule has 2 heterocycles. The highest BCUT2D eigenvalue weighted by molar-refractivity contribution is 6.13. The molecular formula is C23H14F2N2O. The Hall–Kier alpha value is -3.73. The Morgan fingerprint density at radius 2 is 1.00 bits per heavy atom. The van der Waals surface area contributed by atoms with E-state index in [1.54, 1.807) is 48.5 Å². The van der Waals surface area contributed by atoms with Gasteiger partial charge in [0.15, 0.2) is 0 Å². The summed E-state index contributed by atoms with van der Waals surface area (Å²) < 4.78 is 26.6. The molecule has 0 saturated heterocycles. The monoisotopic (exact) mass is 372 g/mol. The molecule has 4 aromatic rings. The van der Waals surface area contributed by atoms with Crippen LogP contribution in [0.5, 0.6) is 0 Å². The summed E-state index contributed by atoms with van der Waals surface area (Å²) in [6.07, 6.45) is 3.06. The minimum Gasteiger partial charge on any atom is -0.285 e. The lowest BCUT2D eigenvalue weighted by molar-refractivity contribution is 0.103. The Balaban J connectivity index is 1.82. The normalized spacial score (nSPS) is 10.6. The van der Waals surface area contributed by atoms with Gasteiger partial charge in [-0.1, -0.05) is 36.4 Å². The average molecular weight is 372 g/mol. The van der Waals surface area contributed by atoms with E-state index in [1.807, 2.05) is 0 Å². The number of nitrogens with zero attached hydrogens (tertiary/aromatic N) is 2. The van der Waals surface area contributed by atoms with Crippen molar-refractivity contribution >= 4 is 5.78 Å². The van der Waals surface area contributed by atoms with Gasteiger partial charge >= 0.3 is 0 Å². The van der Waals surface area contributed by atoms with Crippen molar-refractivity contribution in [3.63, 3.8) is 0 Å². The quantitative estimate of drug-likeness (QED) is 0.455. The first-order valence-electron chi connectivity index (χ1n) is 8.60. The third kappa shape index (κ3) is 3.42. The van der Waals surface area contributed by atoms with Crippen LogP contribution in [-0.2, 0) is 0 Å². The molecule has 0 spiro atoms. The predicted molar refractivity (Wildman–Crippen MR) is 103 cm³/mol. The van der Waals surface area contributed by atoms with E-state index in [4.69, 9.17) is 0 Å². The van der Waals surface area contributed by atoms with Gasteiger partial charge in [-0.15, -0.1) is 0 Å². The number of carbonyl (C=O) groups excluding carboxylic acids is 1. The molecule has 0 aliphatic carbocycles. The Bertz CT molecular complexity index is 1050. The summed E-state index contributed by atoms with van der Waals surface area (Å²) in [4.78, 5) is 21.8. The summed E-state index contributed by atoms with van der Waals surface area (Å²) in [7, 11) is 0. The largest absolute Gasteiger partial charge is 0.285 e. The van der Waals surface area contributed by atoms with E-state index in [9.17, 15) is 13.6 Å². The molecule has 4 rings (SSSR count). The maximum absolute atomic E-state index is 13.3. The van der Waals surface area contributed by atoms with E-state index >= 15 is 0 Å². The van der Waals surface area contributed by atoms with Gasteiger partial charge in [-0.25, -0.2) is 8.78 Å². The number of aromatic nitrogens is 2. The van der Waals surface area contributed by atoms with Crippen molar-refractivity contribution in [2.75, 3.05) is 0 Å². The third-order valence-electron chi connectivity index (χ3n) is 4.36. The molecule has 0 unspecified atom stereocenters. The first-order chi connectivity index (χ1) is 13.6. The summed E-state index contributed by atoms with van der Waals surface area (Å²) in [5.41, 5.74) is 2.97. The molecule has 2 aromatic carbocycles. The first-order valence-corrected chi connectivity index (χ1v) is 8.60. The Morgan fingerprint density at radius 1 is 0.607 bits per heavy atom. The molecule has 2 aromatic heterocycles. The van der Waals surface area contributed by atoms with Gasteiger partial charge < -0.3 is 0 Å². The van der Waals surface area contributed by atoms with Crippen LogP contribution in [-0.4, -0.2) is 15.8 Å². The van der Waals surface area contributed by atoms with E-state index in [-0.39, 0.29) is 28.8 Å². The molecule has 0 radical (unpaired) electrons. The fourth-order valence-corrected chi connectivity index (χ4v) is 3.01. The molecule has 0 N–H and O–H groups in total. The van der Waals surface area contributed by atoms with Gasteiger partial charge in [0.25, 0.3) is 0 Å². The van der Waals surface area contributed by atoms with Crippen molar-refractivity contribution in [1.82, 2.24) is 9.97 Å². The smallest absolute Gasteiger partial charge is 0.230 e. The zero-order valence-electron chi connectivity index (χ0n) is 14.6. The Kier molecular flexibility index (Phi) is 4.72. The van der Waals surface area contributed by atoms with Crippen LogP contribution >= 0.6 is 0 Å². The van der Waals surface area contributed by atoms with Gasteiger partial charge in [0.1, 0.15) is 23.0 Å². The number of hydrogen-bond donors (Lipinski definition) is 0. The van der Waals surface area contributed by atoms with E-state index < -0.39 is 0 Å². The van der Waals surface area contributed by atoms with Crippen molar-refractivity contribution in [2.45, 2.75) is 0 Å². The van der Waals surface area contributed by atoms with Crippen molar-refractivity contribution in [3.8, 4) is 22.3 Å². The van der Waals surface area contributed by atoms with Crippen molar-refractivity contribution < 1.29 is 13.6 Å². The minimum atomic E-state index is -0.361. The van der Waals surface area contributed by atoms with Crippen molar-refractivity contribution in [2.24, 2.45) is 0 Å². The second-order valence-electron chi connectivity index (χ2n) is 6.14. The SMILES string of the molecule is O=C(c1ncccc1-c1ccc(F)cc1)c1ncccc1-c1ccc(F)cc1. The molecule has 0 saturated carbocycles. The lowest BCUT2D eigenvalue weighted by atomic mass is 9.96. The summed E-state index contributed by atoms with van der Waals surface area (Å²) >= 11 is 0. The van der Waals surface area contributed by atoms with Crippen molar-refractivity contribution in [3.05, 3.63) is 108 Å². The number of halogens is 2. The second kappa shape index (κ2) is 7.48. The first kappa shape index (κ1) is 17.7. The summed E-state index contributed by atoms with van der Waals surface area (Å²) in [6, 6.07) is 18.7. The summed E-state index contributed by atoms with van der Waals surface area (Å²) in [5.74, 6) is -1.08. The van der Waals surface area contributed by atoms with Crippen LogP contribution in [0, 0.1) is 11.6 Å².